The number of rotatable bonds is 6. The van der Waals surface area contributed by atoms with Crippen LogP contribution in [0.25, 0.3) is 0 Å². The second-order valence-corrected chi connectivity index (χ2v) is 4.93. The van der Waals surface area contributed by atoms with E-state index in [4.69, 9.17) is 9.47 Å². The Labute approximate surface area is 130 Å². The average Bonchev–Trinajstić information content (AvgIpc) is 2.52. The molecule has 116 valence electrons. The van der Waals surface area contributed by atoms with Crippen LogP contribution in [0.5, 0.6) is 5.88 Å². The highest BCUT2D eigenvalue weighted by Gasteiger charge is 2.10. The number of carbonyl (C=O) groups is 1. The number of methoxy groups -OCH3 is 1. The summed E-state index contributed by atoms with van der Waals surface area (Å²) in [7, 11) is 1.60. The Hall–Kier alpha value is -2.40. The Morgan fingerprint density at radius 2 is 2.05 bits per heavy atom. The van der Waals surface area contributed by atoms with E-state index in [0.717, 1.165) is 16.8 Å². The van der Waals surface area contributed by atoms with E-state index in [1.54, 1.807) is 25.4 Å². The van der Waals surface area contributed by atoms with E-state index in [9.17, 15) is 4.79 Å². The molecule has 0 aliphatic carbocycles. The predicted octanol–water partition coefficient (Wildman–Crippen LogP) is 2.98. The van der Waals surface area contributed by atoms with Crippen molar-refractivity contribution >= 4 is 11.6 Å². The smallest absolute Gasteiger partial charge is 0.255 e. The van der Waals surface area contributed by atoms with Gasteiger partial charge in [-0.3, -0.25) is 4.79 Å². The number of amides is 1. The number of benzene rings is 1. The van der Waals surface area contributed by atoms with Gasteiger partial charge in [0.2, 0.25) is 5.88 Å². The molecule has 0 bridgehead atoms. The van der Waals surface area contributed by atoms with Crippen molar-refractivity contribution in [1.82, 2.24) is 4.98 Å². The van der Waals surface area contributed by atoms with Crippen LogP contribution >= 0.6 is 0 Å². The number of aromatic nitrogens is 1. The van der Waals surface area contributed by atoms with E-state index in [1.807, 2.05) is 32.0 Å². The fourth-order valence-corrected chi connectivity index (χ4v) is 1.94. The van der Waals surface area contributed by atoms with Crippen molar-refractivity contribution in [3.05, 3.63) is 53.2 Å². The lowest BCUT2D eigenvalue weighted by atomic mass is 10.1. The van der Waals surface area contributed by atoms with E-state index in [-0.39, 0.29) is 5.91 Å². The molecule has 0 spiro atoms. The van der Waals surface area contributed by atoms with E-state index < -0.39 is 0 Å². The Balaban J connectivity index is 2.09. The summed E-state index contributed by atoms with van der Waals surface area (Å²) in [5, 5.41) is 2.91. The number of carbonyl (C=O) groups excluding carboxylic acids is 1. The number of pyridine rings is 1. The highest BCUT2D eigenvalue weighted by Crippen LogP contribution is 2.19. The fourth-order valence-electron chi connectivity index (χ4n) is 1.94. The Bertz CT molecular complexity index is 656. The van der Waals surface area contributed by atoms with Crippen LogP contribution in [0.1, 0.15) is 21.5 Å². The summed E-state index contributed by atoms with van der Waals surface area (Å²) in [4.78, 5) is 16.4. The third-order valence-corrected chi connectivity index (χ3v) is 3.39. The Morgan fingerprint density at radius 1 is 1.23 bits per heavy atom. The Morgan fingerprint density at radius 3 is 2.82 bits per heavy atom. The number of nitrogens with one attached hydrogen (secondary N) is 1. The molecule has 2 aromatic rings. The number of anilines is 1. The van der Waals surface area contributed by atoms with Crippen molar-refractivity contribution in [3.63, 3.8) is 0 Å². The maximum absolute atomic E-state index is 12.3. The van der Waals surface area contributed by atoms with Gasteiger partial charge in [-0.05, 0) is 37.1 Å². The average molecular weight is 300 g/mol. The van der Waals surface area contributed by atoms with Crippen LogP contribution in [-0.2, 0) is 4.74 Å². The molecular weight excluding hydrogens is 280 g/mol. The first-order valence-corrected chi connectivity index (χ1v) is 7.07. The molecule has 0 radical (unpaired) electrons. The minimum atomic E-state index is -0.187. The molecule has 5 heteroatoms. The van der Waals surface area contributed by atoms with E-state index in [2.05, 4.69) is 10.3 Å². The molecule has 0 saturated heterocycles. The molecule has 0 atom stereocenters. The second kappa shape index (κ2) is 7.56. The van der Waals surface area contributed by atoms with Gasteiger partial charge in [-0.15, -0.1) is 0 Å². The van der Waals surface area contributed by atoms with Crippen molar-refractivity contribution in [3.8, 4) is 5.88 Å². The number of hydrogen-bond donors (Lipinski definition) is 1. The summed E-state index contributed by atoms with van der Waals surface area (Å²) in [5.74, 6) is 0.221. The van der Waals surface area contributed by atoms with Crippen LogP contribution in [0, 0.1) is 13.8 Å². The maximum Gasteiger partial charge on any atom is 0.255 e. The molecule has 1 N–H and O–H groups in total. The lowest BCUT2D eigenvalue weighted by Crippen LogP contribution is -2.14. The van der Waals surface area contributed by atoms with Crippen molar-refractivity contribution in [1.29, 1.82) is 0 Å². The summed E-state index contributed by atoms with van der Waals surface area (Å²) in [5.41, 5.74) is 3.50. The van der Waals surface area contributed by atoms with Crippen LogP contribution in [0.15, 0.2) is 36.5 Å². The molecule has 1 heterocycles. The third-order valence-electron chi connectivity index (χ3n) is 3.39. The van der Waals surface area contributed by atoms with Gasteiger partial charge in [0.1, 0.15) is 6.61 Å². The monoisotopic (exact) mass is 300 g/mol. The number of aryl methyl sites for hydroxylation is 1. The number of nitrogens with zero attached hydrogens (tertiary/aromatic N) is 1. The lowest BCUT2D eigenvalue weighted by molar-refractivity contribution is 0.102. The molecule has 1 aromatic carbocycles. The lowest BCUT2D eigenvalue weighted by Gasteiger charge is -2.11. The highest BCUT2D eigenvalue weighted by atomic mass is 16.5. The first kappa shape index (κ1) is 16.0. The normalized spacial score (nSPS) is 10.3. The molecule has 1 aromatic heterocycles. The summed E-state index contributed by atoms with van der Waals surface area (Å²) < 4.78 is 10.3. The van der Waals surface area contributed by atoms with Gasteiger partial charge in [-0.2, -0.15) is 0 Å². The molecule has 0 aliphatic rings. The SMILES string of the molecule is COCCOc1cc(C(=O)Nc2cccc(C)c2C)ccn1. The summed E-state index contributed by atoms with van der Waals surface area (Å²) in [6.07, 6.45) is 1.56. The van der Waals surface area contributed by atoms with Gasteiger partial charge in [-0.1, -0.05) is 12.1 Å². The number of hydrogen-bond acceptors (Lipinski definition) is 4. The molecule has 0 aliphatic heterocycles. The maximum atomic E-state index is 12.3. The molecule has 0 saturated carbocycles. The van der Waals surface area contributed by atoms with Crippen LogP contribution < -0.4 is 10.1 Å². The first-order chi connectivity index (χ1) is 10.6. The van der Waals surface area contributed by atoms with Crippen LogP contribution in [0.3, 0.4) is 0 Å². The number of ether oxygens (including phenoxy) is 2. The first-order valence-electron chi connectivity index (χ1n) is 7.07. The van der Waals surface area contributed by atoms with E-state index in [0.29, 0.717) is 24.7 Å². The minimum Gasteiger partial charge on any atom is -0.475 e. The van der Waals surface area contributed by atoms with Crippen LogP contribution in [0.2, 0.25) is 0 Å². The van der Waals surface area contributed by atoms with Gasteiger partial charge in [0, 0.05) is 30.6 Å². The summed E-state index contributed by atoms with van der Waals surface area (Å²) in [6, 6.07) is 9.10. The molecule has 0 unspecified atom stereocenters. The topological polar surface area (TPSA) is 60.5 Å². The fraction of sp³-hybridized carbons (Fsp3) is 0.294. The van der Waals surface area contributed by atoms with Gasteiger partial charge in [0.25, 0.3) is 5.91 Å². The van der Waals surface area contributed by atoms with Gasteiger partial charge >= 0.3 is 0 Å². The molecule has 22 heavy (non-hydrogen) atoms. The zero-order valence-corrected chi connectivity index (χ0v) is 13.1. The van der Waals surface area contributed by atoms with Crippen molar-refractivity contribution < 1.29 is 14.3 Å². The van der Waals surface area contributed by atoms with Gasteiger partial charge in [0.15, 0.2) is 0 Å². The minimum absolute atomic E-state index is 0.187. The van der Waals surface area contributed by atoms with Crippen LogP contribution in [-0.4, -0.2) is 31.2 Å². The largest absolute Gasteiger partial charge is 0.475 e. The Kier molecular flexibility index (Phi) is 5.49. The highest BCUT2D eigenvalue weighted by molar-refractivity contribution is 6.04. The molecule has 1 amide bonds. The summed E-state index contributed by atoms with van der Waals surface area (Å²) >= 11 is 0. The van der Waals surface area contributed by atoms with Gasteiger partial charge < -0.3 is 14.8 Å². The van der Waals surface area contributed by atoms with E-state index in [1.165, 1.54) is 0 Å². The molecule has 2 rings (SSSR count). The quantitative estimate of drug-likeness (QED) is 0.833. The second-order valence-electron chi connectivity index (χ2n) is 4.93. The van der Waals surface area contributed by atoms with Crippen molar-refractivity contribution in [2.24, 2.45) is 0 Å². The zero-order chi connectivity index (χ0) is 15.9. The van der Waals surface area contributed by atoms with Gasteiger partial charge in [0.05, 0.1) is 6.61 Å². The van der Waals surface area contributed by atoms with Crippen molar-refractivity contribution in [2.45, 2.75) is 13.8 Å². The molecule has 5 nitrogen and oxygen atoms in total. The molecular formula is C17H20N2O3. The van der Waals surface area contributed by atoms with E-state index >= 15 is 0 Å². The predicted molar refractivity (Wildman–Crippen MR) is 85.5 cm³/mol. The van der Waals surface area contributed by atoms with Crippen LogP contribution in [0.4, 0.5) is 5.69 Å². The summed E-state index contributed by atoms with van der Waals surface area (Å²) in [6.45, 7) is 4.86. The third kappa shape index (κ3) is 4.05. The zero-order valence-electron chi connectivity index (χ0n) is 13.1. The van der Waals surface area contributed by atoms with Crippen molar-refractivity contribution in [2.75, 3.05) is 25.6 Å². The van der Waals surface area contributed by atoms with Gasteiger partial charge in [-0.25, -0.2) is 4.98 Å². The standard InChI is InChI=1S/C17H20N2O3/c1-12-5-4-6-15(13(12)2)19-17(20)14-7-8-18-16(11-14)22-10-9-21-3/h4-8,11H,9-10H2,1-3H3,(H,19,20). The molecule has 0 fully saturated rings.